The van der Waals surface area contributed by atoms with E-state index in [4.69, 9.17) is 22.1 Å². The van der Waals surface area contributed by atoms with Gasteiger partial charge in [0.25, 0.3) is 5.92 Å². The molecule has 43 heavy (non-hydrogen) atoms. The summed E-state index contributed by atoms with van der Waals surface area (Å²) >= 11 is 5.95. The third-order valence-corrected chi connectivity index (χ3v) is 11.3. The summed E-state index contributed by atoms with van der Waals surface area (Å²) in [6.45, 7) is 0. The molecular formula is C32H36ClF2N3O4S. The Labute approximate surface area is 256 Å². The number of alkyl halides is 2. The Hall–Kier alpha value is -2.79. The van der Waals surface area contributed by atoms with Crippen molar-refractivity contribution >= 4 is 38.3 Å². The van der Waals surface area contributed by atoms with Crippen molar-refractivity contribution in [2.75, 3.05) is 7.05 Å². The number of hydrogen-bond donors (Lipinski definition) is 1. The number of halogens is 3. The second-order valence-corrected chi connectivity index (χ2v) is 14.5. The summed E-state index contributed by atoms with van der Waals surface area (Å²) in [6, 6.07) is 11.7. The van der Waals surface area contributed by atoms with E-state index in [0.29, 0.717) is 41.1 Å². The Bertz CT molecular complexity index is 1600. The fourth-order valence-electron chi connectivity index (χ4n) is 7.03. The summed E-state index contributed by atoms with van der Waals surface area (Å²) in [4.78, 5) is 15.4. The number of carbonyl (C=O) groups excluding carboxylic acids is 1. The van der Waals surface area contributed by atoms with Crippen LogP contribution in [0.15, 0.2) is 65.6 Å². The Morgan fingerprint density at radius 3 is 2.23 bits per heavy atom. The summed E-state index contributed by atoms with van der Waals surface area (Å²) in [7, 11) is -3.49. The van der Waals surface area contributed by atoms with Crippen molar-refractivity contribution in [2.45, 2.75) is 92.5 Å². The third-order valence-electron chi connectivity index (χ3n) is 9.26. The van der Waals surface area contributed by atoms with Crippen LogP contribution in [0.2, 0.25) is 5.02 Å². The number of sulfonamides is 1. The van der Waals surface area contributed by atoms with Gasteiger partial charge >= 0.3 is 0 Å². The summed E-state index contributed by atoms with van der Waals surface area (Å²) in [5.74, 6) is -4.07. The number of amides is 1. The topological polar surface area (TPSA) is 92.9 Å². The van der Waals surface area contributed by atoms with Crippen molar-refractivity contribution in [3.05, 3.63) is 71.2 Å². The molecule has 7 nitrogen and oxygen atoms in total. The zero-order valence-electron chi connectivity index (χ0n) is 24.0. The molecule has 3 aliphatic rings. The molecule has 11 heteroatoms. The SMILES string of the molecule is CN([C@H](C(=O)N1C2CCC1CC(N)C2)C(F)(F)c1ccc(Cl)cc1)S(=O)(=O)c1ccc2cc(OC3CCCC3)ccc2c1. The zero-order chi connectivity index (χ0) is 30.5. The van der Waals surface area contributed by atoms with Crippen LogP contribution < -0.4 is 10.5 Å². The number of carbonyl (C=O) groups is 1. The minimum Gasteiger partial charge on any atom is -0.490 e. The summed E-state index contributed by atoms with van der Waals surface area (Å²) in [5.41, 5.74) is 5.68. The number of nitrogens with zero attached hydrogens (tertiary/aromatic N) is 2. The number of piperidine rings is 1. The van der Waals surface area contributed by atoms with Gasteiger partial charge in [0.15, 0.2) is 6.04 Å². The minimum absolute atomic E-state index is 0.125. The predicted molar refractivity (Wildman–Crippen MR) is 162 cm³/mol. The molecule has 0 spiro atoms. The highest BCUT2D eigenvalue weighted by Gasteiger charge is 2.56. The van der Waals surface area contributed by atoms with Crippen molar-refractivity contribution in [2.24, 2.45) is 5.73 Å². The highest BCUT2D eigenvalue weighted by molar-refractivity contribution is 7.89. The number of benzene rings is 3. The molecule has 1 aliphatic carbocycles. The van der Waals surface area contributed by atoms with E-state index in [1.807, 2.05) is 6.07 Å². The Morgan fingerprint density at radius 1 is 0.977 bits per heavy atom. The Kier molecular flexibility index (Phi) is 8.17. The Morgan fingerprint density at radius 2 is 1.58 bits per heavy atom. The lowest BCUT2D eigenvalue weighted by molar-refractivity contribution is -0.154. The van der Waals surface area contributed by atoms with Crippen molar-refractivity contribution in [1.29, 1.82) is 0 Å². The molecule has 2 unspecified atom stereocenters. The first-order valence-corrected chi connectivity index (χ1v) is 16.7. The van der Waals surface area contributed by atoms with Crippen LogP contribution in [0, 0.1) is 0 Å². The average Bonchev–Trinajstić information content (AvgIpc) is 3.58. The smallest absolute Gasteiger partial charge is 0.298 e. The number of hydrogen-bond acceptors (Lipinski definition) is 5. The summed E-state index contributed by atoms with van der Waals surface area (Å²) < 4.78 is 67.5. The molecule has 1 amide bonds. The van der Waals surface area contributed by atoms with Gasteiger partial charge in [-0.3, -0.25) is 4.79 Å². The number of fused-ring (bicyclic) bond motifs is 3. The number of likely N-dealkylation sites (N-methyl/N-ethyl adjacent to an activating group) is 1. The van der Waals surface area contributed by atoms with E-state index in [1.54, 1.807) is 18.2 Å². The van der Waals surface area contributed by atoms with Crippen molar-refractivity contribution in [3.63, 3.8) is 0 Å². The van der Waals surface area contributed by atoms with Crippen molar-refractivity contribution in [3.8, 4) is 5.75 Å². The molecule has 2 heterocycles. The van der Waals surface area contributed by atoms with Crippen LogP contribution >= 0.6 is 11.6 Å². The summed E-state index contributed by atoms with van der Waals surface area (Å²) in [6.07, 6.45) is 6.76. The van der Waals surface area contributed by atoms with Gasteiger partial charge in [-0.2, -0.15) is 13.1 Å². The molecule has 3 aromatic rings. The molecule has 0 radical (unpaired) electrons. The van der Waals surface area contributed by atoms with Gasteiger partial charge in [-0.15, -0.1) is 0 Å². The average molecular weight is 632 g/mol. The van der Waals surface area contributed by atoms with E-state index < -0.39 is 33.5 Å². The molecule has 2 N–H and O–H groups in total. The van der Waals surface area contributed by atoms with Gasteiger partial charge in [-0.1, -0.05) is 35.9 Å². The van der Waals surface area contributed by atoms with E-state index in [9.17, 15) is 13.2 Å². The maximum atomic E-state index is 16.4. The first-order valence-electron chi connectivity index (χ1n) is 14.9. The van der Waals surface area contributed by atoms with E-state index in [2.05, 4.69) is 0 Å². The van der Waals surface area contributed by atoms with Gasteiger partial charge in [0.2, 0.25) is 15.9 Å². The van der Waals surface area contributed by atoms with Gasteiger partial charge in [0.1, 0.15) is 5.75 Å². The largest absolute Gasteiger partial charge is 0.490 e. The lowest BCUT2D eigenvalue weighted by Gasteiger charge is -2.42. The molecule has 3 atom stereocenters. The van der Waals surface area contributed by atoms with Crippen LogP contribution in [0.25, 0.3) is 10.8 Å². The Balaban J connectivity index is 1.35. The van der Waals surface area contributed by atoms with Gasteiger partial charge in [-0.05, 0) is 98.5 Å². The van der Waals surface area contributed by atoms with E-state index in [1.165, 1.54) is 29.2 Å². The van der Waals surface area contributed by atoms with Gasteiger partial charge < -0.3 is 15.4 Å². The van der Waals surface area contributed by atoms with Crippen molar-refractivity contribution < 1.29 is 26.7 Å². The number of ether oxygens (including phenoxy) is 1. The minimum atomic E-state index is -4.54. The van der Waals surface area contributed by atoms with E-state index in [-0.39, 0.29) is 34.1 Å². The van der Waals surface area contributed by atoms with Crippen LogP contribution in [0.3, 0.4) is 0 Å². The fraction of sp³-hybridized carbons (Fsp3) is 0.469. The molecule has 3 fully saturated rings. The lowest BCUT2D eigenvalue weighted by atomic mass is 9.94. The number of nitrogens with two attached hydrogens (primary N) is 1. The molecule has 3 aromatic carbocycles. The molecule has 230 valence electrons. The van der Waals surface area contributed by atoms with Crippen molar-refractivity contribution in [1.82, 2.24) is 9.21 Å². The maximum Gasteiger partial charge on any atom is 0.298 e. The van der Waals surface area contributed by atoms with E-state index >= 15 is 8.78 Å². The van der Waals surface area contributed by atoms with Crippen LogP contribution in [-0.4, -0.2) is 60.8 Å². The fourth-order valence-corrected chi connectivity index (χ4v) is 8.50. The second-order valence-electron chi connectivity index (χ2n) is 12.1. The highest BCUT2D eigenvalue weighted by Crippen LogP contribution is 2.42. The second kappa shape index (κ2) is 11.6. The molecule has 1 saturated carbocycles. The molecule has 2 bridgehead atoms. The standard InChI is InChI=1S/C32H36ClF2N3O4S/c1-37(43(40,41)29-15-7-20-16-28(14-6-21(20)17-29)42-27-4-2-3-5-27)30(32(34,35)22-8-10-23(33)11-9-22)31(39)38-25-12-13-26(38)19-24(36)18-25/h6-11,14-17,24-27,30H,2-5,12-13,18-19,36H2,1H3/t24?,25?,26?,30-/m1/s1. The molecule has 2 saturated heterocycles. The lowest BCUT2D eigenvalue weighted by Crippen LogP contribution is -2.61. The van der Waals surface area contributed by atoms with Crippen LogP contribution in [0.4, 0.5) is 8.78 Å². The molecule has 6 rings (SSSR count). The summed E-state index contributed by atoms with van der Waals surface area (Å²) in [5, 5.41) is 1.63. The molecule has 0 aromatic heterocycles. The van der Waals surface area contributed by atoms with Gasteiger partial charge in [0, 0.05) is 35.8 Å². The normalized spacial score (nSPS) is 23.7. The molecule has 2 aliphatic heterocycles. The first kappa shape index (κ1) is 30.2. The van der Waals surface area contributed by atoms with Gasteiger partial charge in [0.05, 0.1) is 11.0 Å². The van der Waals surface area contributed by atoms with Crippen LogP contribution in [-0.2, 0) is 20.7 Å². The van der Waals surface area contributed by atoms with Crippen LogP contribution in [0.5, 0.6) is 5.75 Å². The van der Waals surface area contributed by atoms with Crippen LogP contribution in [0.1, 0.15) is 56.9 Å². The number of rotatable bonds is 8. The quantitative estimate of drug-likeness (QED) is 0.326. The maximum absolute atomic E-state index is 16.4. The zero-order valence-corrected chi connectivity index (χ0v) is 25.5. The van der Waals surface area contributed by atoms with E-state index in [0.717, 1.165) is 50.2 Å². The monoisotopic (exact) mass is 631 g/mol. The highest BCUT2D eigenvalue weighted by atomic mass is 35.5. The predicted octanol–water partition coefficient (Wildman–Crippen LogP) is 6.08. The first-order chi connectivity index (χ1) is 20.4. The third kappa shape index (κ3) is 5.75. The molecular weight excluding hydrogens is 596 g/mol. The van der Waals surface area contributed by atoms with Gasteiger partial charge in [-0.25, -0.2) is 8.42 Å².